The average Bonchev–Trinajstić information content (AvgIpc) is 2.99. The summed E-state index contributed by atoms with van der Waals surface area (Å²) in [6.45, 7) is -0.240. The Kier molecular flexibility index (Phi) is 9.53. The minimum Gasteiger partial charge on any atom is -0.394 e. The highest BCUT2D eigenvalue weighted by Crippen LogP contribution is 2.21. The van der Waals surface area contributed by atoms with Gasteiger partial charge < -0.3 is 21.3 Å². The lowest BCUT2D eigenvalue weighted by molar-refractivity contribution is -0.117. The van der Waals surface area contributed by atoms with Crippen molar-refractivity contribution >= 4 is 33.5 Å². The minimum atomic E-state index is -0.526. The summed E-state index contributed by atoms with van der Waals surface area (Å²) in [5.74, 6) is -0.782. The average molecular weight is 523 g/mol. The number of benzene rings is 5. The fourth-order valence-electron chi connectivity index (χ4n) is 4.20. The van der Waals surface area contributed by atoms with Gasteiger partial charge in [-0.15, -0.1) is 0 Å². The zero-order valence-electron chi connectivity index (χ0n) is 21.4. The van der Waals surface area contributed by atoms with Crippen LogP contribution < -0.4 is 11.1 Å². The number of nitrogens with one attached hydrogen (secondary N) is 1. The van der Waals surface area contributed by atoms with Crippen molar-refractivity contribution in [3.05, 3.63) is 138 Å². The molecule has 0 aromatic heterocycles. The zero-order valence-corrected chi connectivity index (χ0v) is 21.4. The molecule has 0 unspecified atom stereocenters. The van der Waals surface area contributed by atoms with Gasteiger partial charge in [-0.3, -0.25) is 4.79 Å². The molecule has 6 heteroatoms. The van der Waals surface area contributed by atoms with Crippen LogP contribution in [0.25, 0.3) is 27.6 Å². The highest BCUT2D eigenvalue weighted by Gasteiger charge is 2.13. The molecule has 5 N–H and O–H groups in total. The monoisotopic (exact) mass is 522 g/mol. The number of fused-ring (bicyclic) bond motifs is 2. The minimum absolute atomic E-state index is 0.0155. The molecule has 0 aliphatic rings. The number of amides is 1. The summed E-state index contributed by atoms with van der Waals surface area (Å²) in [5, 5.41) is 25.8. The normalized spacial score (nSPS) is 12.6. The van der Waals surface area contributed by atoms with Crippen LogP contribution in [0.3, 0.4) is 0 Å². The van der Waals surface area contributed by atoms with Crippen molar-refractivity contribution in [1.29, 1.82) is 0 Å². The third-order valence-corrected chi connectivity index (χ3v) is 6.39. The number of carbonyl (C=O) groups excluding carboxylic acids is 1. The van der Waals surface area contributed by atoms with Gasteiger partial charge in [0.1, 0.15) is 5.82 Å². The van der Waals surface area contributed by atoms with E-state index >= 15 is 0 Å². The number of halogens is 1. The van der Waals surface area contributed by atoms with E-state index in [1.807, 2.05) is 78.9 Å². The number of nitrogens with two attached hydrogens (primary N) is 1. The first kappa shape index (κ1) is 27.7. The molecule has 0 fully saturated rings. The molecule has 0 radical (unpaired) electrons. The van der Waals surface area contributed by atoms with Crippen LogP contribution in [0, 0.1) is 5.82 Å². The van der Waals surface area contributed by atoms with E-state index in [0.717, 1.165) is 27.3 Å². The summed E-state index contributed by atoms with van der Waals surface area (Å²) in [7, 11) is 0. The van der Waals surface area contributed by atoms with E-state index in [0.29, 0.717) is 5.56 Å². The SMILES string of the molecule is N[C@@H](CO)c1ccc2ccccc2c1.O=C(/C=C/c1ccccc1F)N[C@@H](CO)c1ccc2ccccc2c1. The summed E-state index contributed by atoms with van der Waals surface area (Å²) in [6, 6.07) is 33.2. The standard InChI is InChI=1S/C21H18FNO2.C12H13NO/c22-19-8-4-3-6-16(19)11-12-21(25)23-20(14-24)18-10-9-15-5-1-2-7-17(15)13-18;13-12(8-14)11-6-5-9-3-1-2-4-10(9)7-11/h1-13,20,24H,14H2,(H,23,25);1-7,12,14H,8,13H2/b12-11+;/t20-;12-/m00/s1. The van der Waals surface area contributed by atoms with Crippen LogP contribution in [0.5, 0.6) is 0 Å². The molecule has 198 valence electrons. The second-order valence-corrected chi connectivity index (χ2v) is 9.10. The van der Waals surface area contributed by atoms with Crippen molar-refractivity contribution < 1.29 is 19.4 Å². The first-order chi connectivity index (χ1) is 19.0. The third-order valence-electron chi connectivity index (χ3n) is 6.39. The molecule has 5 aromatic carbocycles. The van der Waals surface area contributed by atoms with Crippen molar-refractivity contribution in [3.63, 3.8) is 0 Å². The number of carbonyl (C=O) groups is 1. The molecule has 5 nitrogen and oxygen atoms in total. The van der Waals surface area contributed by atoms with Crippen molar-refractivity contribution in [2.75, 3.05) is 13.2 Å². The smallest absolute Gasteiger partial charge is 0.244 e. The van der Waals surface area contributed by atoms with E-state index in [1.54, 1.807) is 18.2 Å². The van der Waals surface area contributed by atoms with E-state index in [4.69, 9.17) is 10.8 Å². The van der Waals surface area contributed by atoms with Gasteiger partial charge in [0.2, 0.25) is 5.91 Å². The van der Waals surface area contributed by atoms with Crippen LogP contribution in [0.1, 0.15) is 28.8 Å². The molecule has 0 bridgehead atoms. The quantitative estimate of drug-likeness (QED) is 0.207. The molecule has 1 amide bonds. The predicted octanol–water partition coefficient (Wildman–Crippen LogP) is 5.67. The Morgan fingerprint density at radius 2 is 1.28 bits per heavy atom. The molecule has 0 saturated carbocycles. The van der Waals surface area contributed by atoms with Gasteiger partial charge in [0.15, 0.2) is 0 Å². The summed E-state index contributed by atoms with van der Waals surface area (Å²) in [6.07, 6.45) is 2.68. The maximum absolute atomic E-state index is 13.6. The summed E-state index contributed by atoms with van der Waals surface area (Å²) < 4.78 is 13.6. The second-order valence-electron chi connectivity index (χ2n) is 9.10. The summed E-state index contributed by atoms with van der Waals surface area (Å²) in [5.41, 5.74) is 7.86. The molecule has 2 atom stereocenters. The maximum Gasteiger partial charge on any atom is 0.244 e. The van der Waals surface area contributed by atoms with E-state index in [2.05, 4.69) is 11.4 Å². The van der Waals surface area contributed by atoms with Gasteiger partial charge in [-0.25, -0.2) is 4.39 Å². The topological polar surface area (TPSA) is 95.6 Å². The molecule has 5 aromatic rings. The number of aliphatic hydroxyl groups is 2. The molecular formula is C33H31FN2O3. The number of aliphatic hydroxyl groups excluding tert-OH is 2. The largest absolute Gasteiger partial charge is 0.394 e. The molecule has 0 aliphatic carbocycles. The van der Waals surface area contributed by atoms with Gasteiger partial charge in [0.05, 0.1) is 25.3 Å². The number of hydrogen-bond donors (Lipinski definition) is 4. The molecule has 0 aliphatic heterocycles. The summed E-state index contributed by atoms with van der Waals surface area (Å²) >= 11 is 0. The van der Waals surface area contributed by atoms with Crippen molar-refractivity contribution in [2.24, 2.45) is 5.73 Å². The second kappa shape index (κ2) is 13.4. The fourth-order valence-corrected chi connectivity index (χ4v) is 4.20. The first-order valence-corrected chi connectivity index (χ1v) is 12.7. The van der Waals surface area contributed by atoms with Crippen molar-refractivity contribution in [2.45, 2.75) is 12.1 Å². The highest BCUT2D eigenvalue weighted by atomic mass is 19.1. The first-order valence-electron chi connectivity index (χ1n) is 12.7. The Morgan fingerprint density at radius 3 is 1.87 bits per heavy atom. The molecule has 5 rings (SSSR count). The predicted molar refractivity (Wildman–Crippen MR) is 155 cm³/mol. The number of rotatable bonds is 7. The molecule has 0 spiro atoms. The highest BCUT2D eigenvalue weighted by molar-refractivity contribution is 5.92. The molecular weight excluding hydrogens is 491 g/mol. The summed E-state index contributed by atoms with van der Waals surface area (Å²) in [4.78, 5) is 12.1. The van der Waals surface area contributed by atoms with E-state index in [-0.39, 0.29) is 25.1 Å². The molecule has 0 saturated heterocycles. The lowest BCUT2D eigenvalue weighted by atomic mass is 10.0. The third kappa shape index (κ3) is 7.36. The van der Waals surface area contributed by atoms with Crippen molar-refractivity contribution in [1.82, 2.24) is 5.32 Å². The lowest BCUT2D eigenvalue weighted by Crippen LogP contribution is -2.29. The van der Waals surface area contributed by atoms with Crippen LogP contribution in [0.15, 0.2) is 115 Å². The van der Waals surface area contributed by atoms with Gasteiger partial charge in [0, 0.05) is 11.6 Å². The van der Waals surface area contributed by atoms with E-state index in [9.17, 15) is 14.3 Å². The molecule has 39 heavy (non-hydrogen) atoms. The van der Waals surface area contributed by atoms with E-state index in [1.165, 1.54) is 23.6 Å². The Labute approximate surface area is 227 Å². The van der Waals surface area contributed by atoms with Gasteiger partial charge in [0.25, 0.3) is 0 Å². The van der Waals surface area contributed by atoms with Crippen LogP contribution in [0.4, 0.5) is 4.39 Å². The Hall–Kier alpha value is -4.36. The van der Waals surface area contributed by atoms with Gasteiger partial charge in [-0.2, -0.15) is 0 Å². The Balaban J connectivity index is 0.000000212. The van der Waals surface area contributed by atoms with Crippen LogP contribution in [0.2, 0.25) is 0 Å². The zero-order chi connectivity index (χ0) is 27.6. The fraction of sp³-hybridized carbons (Fsp3) is 0.121. The van der Waals surface area contributed by atoms with E-state index < -0.39 is 11.9 Å². The van der Waals surface area contributed by atoms with Gasteiger partial charge in [-0.05, 0) is 56.9 Å². The van der Waals surface area contributed by atoms with Crippen LogP contribution >= 0.6 is 0 Å². The maximum atomic E-state index is 13.6. The van der Waals surface area contributed by atoms with Gasteiger partial charge in [-0.1, -0.05) is 91.0 Å². The number of hydrogen-bond acceptors (Lipinski definition) is 4. The van der Waals surface area contributed by atoms with Gasteiger partial charge >= 0.3 is 0 Å². The molecule has 0 heterocycles. The Morgan fingerprint density at radius 1 is 0.744 bits per heavy atom. The van der Waals surface area contributed by atoms with Crippen LogP contribution in [-0.2, 0) is 4.79 Å². The van der Waals surface area contributed by atoms with Crippen molar-refractivity contribution in [3.8, 4) is 0 Å². The Bertz CT molecular complexity index is 1580. The van der Waals surface area contributed by atoms with Crippen LogP contribution in [-0.4, -0.2) is 29.3 Å². The lowest BCUT2D eigenvalue weighted by Gasteiger charge is -2.16.